The molecule has 1 fully saturated rings. The van der Waals surface area contributed by atoms with E-state index < -0.39 is 36.1 Å². The Labute approximate surface area is 133 Å². The van der Waals surface area contributed by atoms with Crippen molar-refractivity contribution in [1.82, 2.24) is 4.90 Å². The first-order valence-electron chi connectivity index (χ1n) is 7.79. The Kier molecular flexibility index (Phi) is 6.85. The van der Waals surface area contributed by atoms with Crippen molar-refractivity contribution < 1.29 is 32.6 Å². The quantitative estimate of drug-likeness (QED) is 0.774. The van der Waals surface area contributed by atoms with E-state index in [0.29, 0.717) is 6.61 Å². The van der Waals surface area contributed by atoms with Gasteiger partial charge in [0.15, 0.2) is 0 Å². The lowest BCUT2D eigenvalue weighted by Gasteiger charge is -2.38. The minimum atomic E-state index is -4.97. The third-order valence-corrected chi connectivity index (χ3v) is 4.47. The molecule has 8 heteroatoms. The molecule has 0 aliphatic heterocycles. The number of amides is 1. The van der Waals surface area contributed by atoms with Gasteiger partial charge in [-0.3, -0.25) is 9.59 Å². The van der Waals surface area contributed by atoms with Gasteiger partial charge in [-0.15, -0.1) is 0 Å². The van der Waals surface area contributed by atoms with Gasteiger partial charge in [-0.1, -0.05) is 6.92 Å². The summed E-state index contributed by atoms with van der Waals surface area (Å²) in [6.07, 6.45) is -4.36. The number of rotatable bonds is 7. The van der Waals surface area contributed by atoms with Crippen LogP contribution in [-0.4, -0.2) is 53.4 Å². The van der Waals surface area contributed by atoms with Crippen LogP contribution in [0.5, 0.6) is 0 Å². The van der Waals surface area contributed by atoms with Gasteiger partial charge in [0.25, 0.3) is 0 Å². The molecule has 0 heterocycles. The fourth-order valence-corrected chi connectivity index (χ4v) is 2.98. The highest BCUT2D eigenvalue weighted by atomic mass is 19.4. The summed E-state index contributed by atoms with van der Waals surface area (Å²) in [5.41, 5.74) is 0. The second-order valence-corrected chi connectivity index (χ2v) is 6.09. The number of carbonyl (C=O) groups excluding carboxylic acids is 1. The molecule has 1 N–H and O–H groups in total. The number of carboxylic acids is 1. The number of carbonyl (C=O) groups is 2. The zero-order chi connectivity index (χ0) is 17.8. The summed E-state index contributed by atoms with van der Waals surface area (Å²) in [6, 6.07) is -1.39. The highest BCUT2D eigenvalue weighted by Crippen LogP contribution is 2.34. The summed E-state index contributed by atoms with van der Waals surface area (Å²) in [4.78, 5) is 23.7. The number of hydrogen-bond acceptors (Lipinski definition) is 3. The van der Waals surface area contributed by atoms with E-state index in [2.05, 4.69) is 0 Å². The van der Waals surface area contributed by atoms with Crippen molar-refractivity contribution >= 4 is 11.9 Å². The molecule has 1 aliphatic rings. The van der Waals surface area contributed by atoms with E-state index in [1.165, 1.54) is 0 Å². The predicted molar refractivity (Wildman–Crippen MR) is 76.8 cm³/mol. The molecule has 0 radical (unpaired) electrons. The summed E-state index contributed by atoms with van der Waals surface area (Å²) < 4.78 is 44.1. The van der Waals surface area contributed by atoms with E-state index in [4.69, 9.17) is 9.84 Å². The fraction of sp³-hybridized carbons (Fsp3) is 0.867. The van der Waals surface area contributed by atoms with Crippen molar-refractivity contribution in [2.24, 2.45) is 11.8 Å². The third kappa shape index (κ3) is 5.09. The first kappa shape index (κ1) is 19.7. The molecule has 0 spiro atoms. The smallest absolute Gasteiger partial charge is 0.471 e. The van der Waals surface area contributed by atoms with Gasteiger partial charge in [0.05, 0.1) is 12.5 Å². The lowest BCUT2D eigenvalue weighted by atomic mass is 9.99. The van der Waals surface area contributed by atoms with Gasteiger partial charge in [0.2, 0.25) is 0 Å². The first-order valence-corrected chi connectivity index (χ1v) is 7.79. The van der Waals surface area contributed by atoms with E-state index in [0.717, 1.165) is 4.90 Å². The normalized spacial score (nSPS) is 24.3. The Bertz CT molecular complexity index is 427. The summed E-state index contributed by atoms with van der Waals surface area (Å²) in [7, 11) is 0. The molecule has 5 nitrogen and oxygen atoms in total. The van der Waals surface area contributed by atoms with Crippen LogP contribution in [0, 0.1) is 11.8 Å². The molecule has 0 bridgehead atoms. The second kappa shape index (κ2) is 7.99. The van der Waals surface area contributed by atoms with Gasteiger partial charge in [-0.2, -0.15) is 13.2 Å². The van der Waals surface area contributed by atoms with E-state index in [1.807, 2.05) is 0 Å². The van der Waals surface area contributed by atoms with Gasteiger partial charge in [0, 0.05) is 18.7 Å². The second-order valence-electron chi connectivity index (χ2n) is 6.09. The highest BCUT2D eigenvalue weighted by Gasteiger charge is 2.48. The summed E-state index contributed by atoms with van der Waals surface area (Å²) in [6.45, 7) is 5.75. The van der Waals surface area contributed by atoms with Crippen LogP contribution in [0.25, 0.3) is 0 Å². The molecule has 0 saturated heterocycles. The van der Waals surface area contributed by atoms with E-state index in [-0.39, 0.29) is 31.8 Å². The van der Waals surface area contributed by atoms with Gasteiger partial charge in [0.1, 0.15) is 0 Å². The Balaban J connectivity index is 2.94. The van der Waals surface area contributed by atoms with Crippen LogP contribution >= 0.6 is 0 Å². The van der Waals surface area contributed by atoms with Crippen LogP contribution in [-0.2, 0) is 14.3 Å². The monoisotopic (exact) mass is 339 g/mol. The van der Waals surface area contributed by atoms with Crippen LogP contribution in [0.1, 0.15) is 40.0 Å². The van der Waals surface area contributed by atoms with Gasteiger partial charge < -0.3 is 14.7 Å². The first-order chi connectivity index (χ1) is 10.6. The van der Waals surface area contributed by atoms with Crippen LogP contribution in [0.15, 0.2) is 0 Å². The molecular formula is C15H24F3NO4. The predicted octanol–water partition coefficient (Wildman–Crippen LogP) is 2.69. The maximum Gasteiger partial charge on any atom is 0.471 e. The fourth-order valence-electron chi connectivity index (χ4n) is 2.98. The molecule has 4 atom stereocenters. The summed E-state index contributed by atoms with van der Waals surface area (Å²) in [5.74, 6) is -3.91. The number of carboxylic acid groups (broad SMARTS) is 1. The van der Waals surface area contributed by atoms with Gasteiger partial charge in [-0.25, -0.2) is 0 Å². The average molecular weight is 339 g/mol. The molecule has 1 rings (SSSR count). The maximum atomic E-state index is 12.9. The molecule has 1 saturated carbocycles. The summed E-state index contributed by atoms with van der Waals surface area (Å²) >= 11 is 0. The van der Waals surface area contributed by atoms with Gasteiger partial charge >= 0.3 is 18.1 Å². The van der Waals surface area contributed by atoms with E-state index in [9.17, 15) is 22.8 Å². The highest BCUT2D eigenvalue weighted by molar-refractivity contribution is 5.82. The third-order valence-electron chi connectivity index (χ3n) is 4.47. The standard InChI is InChI=1S/C15H24F3NO4/c1-4-23-8-9(2)10(3)19(14(22)15(16,17)18)12-6-5-11(7-12)13(20)21/h9-12H,4-8H2,1-3H3,(H,20,21)/t9-,10+,11+,12-/m1/s1. The minimum Gasteiger partial charge on any atom is -0.481 e. The Morgan fingerprint density at radius 3 is 2.35 bits per heavy atom. The average Bonchev–Trinajstić information content (AvgIpc) is 2.93. The molecule has 1 amide bonds. The van der Waals surface area contributed by atoms with Crippen LogP contribution in [0.2, 0.25) is 0 Å². The molecule has 23 heavy (non-hydrogen) atoms. The number of ether oxygens (including phenoxy) is 1. The molecule has 0 aromatic heterocycles. The van der Waals surface area contributed by atoms with Crippen molar-refractivity contribution in [3.05, 3.63) is 0 Å². The van der Waals surface area contributed by atoms with Crippen LogP contribution in [0.4, 0.5) is 13.2 Å². The van der Waals surface area contributed by atoms with Crippen LogP contribution in [0.3, 0.4) is 0 Å². The Morgan fingerprint density at radius 1 is 1.30 bits per heavy atom. The summed E-state index contributed by atoms with van der Waals surface area (Å²) in [5, 5.41) is 9.03. The van der Waals surface area contributed by atoms with Crippen molar-refractivity contribution in [2.45, 2.75) is 58.3 Å². The lowest BCUT2D eigenvalue weighted by Crippen LogP contribution is -2.53. The Morgan fingerprint density at radius 2 is 1.91 bits per heavy atom. The van der Waals surface area contributed by atoms with Crippen LogP contribution < -0.4 is 0 Å². The number of aliphatic carboxylic acids is 1. The lowest BCUT2D eigenvalue weighted by molar-refractivity contribution is -0.191. The topological polar surface area (TPSA) is 66.8 Å². The number of hydrogen-bond donors (Lipinski definition) is 1. The zero-order valence-corrected chi connectivity index (χ0v) is 13.6. The van der Waals surface area contributed by atoms with Crippen molar-refractivity contribution in [2.75, 3.05) is 13.2 Å². The van der Waals surface area contributed by atoms with E-state index in [1.54, 1.807) is 20.8 Å². The van der Waals surface area contributed by atoms with E-state index >= 15 is 0 Å². The van der Waals surface area contributed by atoms with Crippen molar-refractivity contribution in [3.8, 4) is 0 Å². The zero-order valence-electron chi connectivity index (χ0n) is 13.6. The molecule has 1 aliphatic carbocycles. The Hall–Kier alpha value is -1.31. The van der Waals surface area contributed by atoms with Crippen molar-refractivity contribution in [1.29, 1.82) is 0 Å². The molecular weight excluding hydrogens is 315 g/mol. The largest absolute Gasteiger partial charge is 0.481 e. The molecule has 0 unspecified atom stereocenters. The minimum absolute atomic E-state index is 0.0584. The van der Waals surface area contributed by atoms with Gasteiger partial charge in [-0.05, 0) is 39.0 Å². The number of alkyl halides is 3. The molecule has 0 aromatic carbocycles. The van der Waals surface area contributed by atoms with Crippen molar-refractivity contribution in [3.63, 3.8) is 0 Å². The number of halogens is 3. The molecule has 0 aromatic rings. The SMILES string of the molecule is CCOC[C@@H](C)[C@H](C)N(C(=O)C(F)(F)F)[C@@H]1CC[C@H](C(=O)O)C1. The molecule has 134 valence electrons. The number of nitrogens with zero attached hydrogens (tertiary/aromatic N) is 1. The maximum absolute atomic E-state index is 12.9.